The summed E-state index contributed by atoms with van der Waals surface area (Å²) in [5.41, 5.74) is 4.33. The van der Waals surface area contributed by atoms with E-state index in [1.165, 1.54) is 12.1 Å². The van der Waals surface area contributed by atoms with Crippen LogP contribution in [0.2, 0.25) is 0 Å². The Kier molecular flexibility index (Phi) is 6.99. The quantitative estimate of drug-likeness (QED) is 0.410. The largest absolute Gasteiger partial charge is 0.390 e. The molecule has 6 rings (SSSR count). The topological polar surface area (TPSA) is 97.9 Å². The number of carbonyl (C=O) groups is 2. The number of nitrogens with one attached hydrogen (secondary N) is 2. The predicted octanol–water partition coefficient (Wildman–Crippen LogP) is 3.45. The van der Waals surface area contributed by atoms with Crippen LogP contribution in [0.3, 0.4) is 0 Å². The van der Waals surface area contributed by atoms with Gasteiger partial charge in [-0.25, -0.2) is 8.78 Å². The number of amides is 2. The van der Waals surface area contributed by atoms with E-state index in [1.54, 1.807) is 29.2 Å². The Labute approximate surface area is 230 Å². The fourth-order valence-corrected chi connectivity index (χ4v) is 5.84. The molecule has 4 heterocycles. The molecular formula is C30H30F2N4O4. The van der Waals surface area contributed by atoms with Crippen molar-refractivity contribution >= 4 is 29.2 Å². The van der Waals surface area contributed by atoms with E-state index in [4.69, 9.17) is 4.74 Å². The highest BCUT2D eigenvalue weighted by atomic mass is 19.2. The number of anilines is 1. The Hall–Kier alpha value is -3.86. The molecular weight excluding hydrogens is 518 g/mol. The van der Waals surface area contributed by atoms with Crippen molar-refractivity contribution in [3.8, 4) is 11.1 Å². The van der Waals surface area contributed by atoms with Gasteiger partial charge in [0.05, 0.1) is 30.5 Å². The van der Waals surface area contributed by atoms with Crippen molar-refractivity contribution in [1.29, 1.82) is 0 Å². The lowest BCUT2D eigenvalue weighted by Gasteiger charge is -2.32. The first kappa shape index (κ1) is 26.4. The first-order chi connectivity index (χ1) is 19.3. The SMILES string of the molecule is Cc1c(C=C2C(=O)Nc3cccc(-c4cccc(F)c4F)c32)[nH]c2c1C(=O)N(C[C@@H](O)CN1CCOCC1)CC2. The van der Waals surface area contributed by atoms with Crippen LogP contribution >= 0.6 is 0 Å². The van der Waals surface area contributed by atoms with Gasteiger partial charge in [-0.05, 0) is 36.3 Å². The minimum absolute atomic E-state index is 0.0585. The fraction of sp³-hybridized carbons (Fsp3) is 0.333. The summed E-state index contributed by atoms with van der Waals surface area (Å²) in [7, 11) is 0. The molecule has 2 aromatic carbocycles. The average molecular weight is 549 g/mol. The highest BCUT2D eigenvalue weighted by Crippen LogP contribution is 2.42. The number of aromatic amines is 1. The van der Waals surface area contributed by atoms with Gasteiger partial charge in [0.15, 0.2) is 11.6 Å². The maximum absolute atomic E-state index is 14.8. The number of halogens is 2. The van der Waals surface area contributed by atoms with Crippen LogP contribution in [0.1, 0.15) is 32.9 Å². The Bertz CT molecular complexity index is 1530. The number of hydrogen-bond acceptors (Lipinski definition) is 5. The van der Waals surface area contributed by atoms with Gasteiger partial charge in [0, 0.05) is 67.3 Å². The first-order valence-corrected chi connectivity index (χ1v) is 13.4. The molecule has 1 saturated heterocycles. The molecule has 8 nitrogen and oxygen atoms in total. The molecule has 0 aliphatic carbocycles. The molecule has 3 aromatic rings. The van der Waals surface area contributed by atoms with Gasteiger partial charge in [0.1, 0.15) is 0 Å². The molecule has 1 fully saturated rings. The monoisotopic (exact) mass is 548 g/mol. The molecule has 40 heavy (non-hydrogen) atoms. The number of rotatable bonds is 6. The molecule has 0 bridgehead atoms. The highest BCUT2D eigenvalue weighted by molar-refractivity contribution is 6.36. The number of ether oxygens (including phenoxy) is 1. The van der Waals surface area contributed by atoms with Crippen LogP contribution < -0.4 is 5.32 Å². The Morgan fingerprint density at radius 1 is 1.02 bits per heavy atom. The van der Waals surface area contributed by atoms with Gasteiger partial charge in [0.25, 0.3) is 11.8 Å². The van der Waals surface area contributed by atoms with Gasteiger partial charge in [-0.2, -0.15) is 0 Å². The number of H-pyrrole nitrogens is 1. The number of aromatic nitrogens is 1. The molecule has 10 heteroatoms. The third-order valence-corrected chi connectivity index (χ3v) is 7.86. The van der Waals surface area contributed by atoms with Crippen molar-refractivity contribution in [3.63, 3.8) is 0 Å². The summed E-state index contributed by atoms with van der Waals surface area (Å²) < 4.78 is 34.2. The van der Waals surface area contributed by atoms with Crippen molar-refractivity contribution in [1.82, 2.24) is 14.8 Å². The molecule has 1 aromatic heterocycles. The highest BCUT2D eigenvalue weighted by Gasteiger charge is 2.33. The summed E-state index contributed by atoms with van der Waals surface area (Å²) in [5.74, 6) is -2.49. The van der Waals surface area contributed by atoms with E-state index >= 15 is 0 Å². The average Bonchev–Trinajstić information content (AvgIpc) is 3.44. The second-order valence-electron chi connectivity index (χ2n) is 10.4. The molecule has 0 radical (unpaired) electrons. The Balaban J connectivity index is 1.29. The van der Waals surface area contributed by atoms with Crippen LogP contribution in [0.4, 0.5) is 14.5 Å². The molecule has 208 valence electrons. The summed E-state index contributed by atoms with van der Waals surface area (Å²) in [6.07, 6.45) is 1.57. The molecule has 0 saturated carbocycles. The molecule has 2 amide bonds. The van der Waals surface area contributed by atoms with Crippen molar-refractivity contribution in [2.75, 3.05) is 51.3 Å². The zero-order valence-corrected chi connectivity index (χ0v) is 22.1. The number of carbonyl (C=O) groups excluding carboxylic acids is 2. The lowest BCUT2D eigenvalue weighted by Crippen LogP contribution is -2.47. The van der Waals surface area contributed by atoms with E-state index in [2.05, 4.69) is 15.2 Å². The van der Waals surface area contributed by atoms with E-state index in [1.807, 2.05) is 6.92 Å². The number of aliphatic hydroxyl groups is 1. The summed E-state index contributed by atoms with van der Waals surface area (Å²) in [6.45, 7) is 5.79. The number of β-amino-alcohol motifs (C(OH)–C–C–N with tert-alkyl or cyclic N) is 1. The van der Waals surface area contributed by atoms with Gasteiger partial charge in [-0.3, -0.25) is 14.5 Å². The number of morpholine rings is 1. The van der Waals surface area contributed by atoms with Gasteiger partial charge in [0.2, 0.25) is 0 Å². The lowest BCUT2D eigenvalue weighted by atomic mass is 9.93. The molecule has 3 aliphatic heterocycles. The second-order valence-corrected chi connectivity index (χ2v) is 10.4. The van der Waals surface area contributed by atoms with Crippen LogP contribution in [-0.4, -0.2) is 83.7 Å². The third kappa shape index (κ3) is 4.72. The van der Waals surface area contributed by atoms with E-state index in [-0.39, 0.29) is 23.9 Å². The number of fused-ring (bicyclic) bond motifs is 2. The van der Waals surface area contributed by atoms with Gasteiger partial charge in [-0.1, -0.05) is 24.3 Å². The zero-order chi connectivity index (χ0) is 28.0. The van der Waals surface area contributed by atoms with Crippen molar-refractivity contribution in [2.45, 2.75) is 19.4 Å². The molecule has 1 atom stereocenters. The Morgan fingerprint density at radius 3 is 2.58 bits per heavy atom. The number of nitrogens with zero attached hydrogens (tertiary/aromatic N) is 2. The molecule has 3 N–H and O–H groups in total. The van der Waals surface area contributed by atoms with Gasteiger partial charge < -0.3 is 25.0 Å². The Morgan fingerprint density at radius 2 is 1.77 bits per heavy atom. The summed E-state index contributed by atoms with van der Waals surface area (Å²) in [4.78, 5) is 33.6. The molecule has 0 unspecified atom stereocenters. The maximum Gasteiger partial charge on any atom is 0.256 e. The van der Waals surface area contributed by atoms with E-state index in [0.29, 0.717) is 71.9 Å². The minimum atomic E-state index is -0.984. The first-order valence-electron chi connectivity index (χ1n) is 13.4. The van der Waals surface area contributed by atoms with E-state index < -0.39 is 17.7 Å². The maximum atomic E-state index is 14.8. The summed E-state index contributed by atoms with van der Waals surface area (Å²) >= 11 is 0. The standard InChI is InChI=1S/C30H30F2N4O4/c1-17-25(33-24-8-9-36(30(39)26(17)24)16-18(37)15-35-10-12-40-13-11-35)14-21-27-19(4-3-7-23(27)34-29(21)38)20-5-2-6-22(31)28(20)32/h2-7,14,18,33,37H,8-13,15-16H2,1H3,(H,34,38)/t18-/m0/s1. The van der Waals surface area contributed by atoms with Gasteiger partial charge in [-0.15, -0.1) is 0 Å². The van der Waals surface area contributed by atoms with Crippen LogP contribution in [0.25, 0.3) is 22.8 Å². The van der Waals surface area contributed by atoms with Crippen LogP contribution in [-0.2, 0) is 16.0 Å². The van der Waals surface area contributed by atoms with Gasteiger partial charge >= 0.3 is 0 Å². The van der Waals surface area contributed by atoms with E-state index in [0.717, 1.165) is 24.8 Å². The smallest absolute Gasteiger partial charge is 0.256 e. The normalized spacial score (nSPS) is 19.1. The van der Waals surface area contributed by atoms with E-state index in [9.17, 15) is 23.5 Å². The van der Waals surface area contributed by atoms with Crippen molar-refractivity contribution in [3.05, 3.63) is 76.1 Å². The molecule has 3 aliphatic rings. The lowest BCUT2D eigenvalue weighted by molar-refractivity contribution is -0.110. The number of hydrogen-bond donors (Lipinski definition) is 3. The van der Waals surface area contributed by atoms with Crippen LogP contribution in [0.5, 0.6) is 0 Å². The number of benzene rings is 2. The second kappa shape index (κ2) is 10.6. The zero-order valence-electron chi connectivity index (χ0n) is 22.1. The van der Waals surface area contributed by atoms with Crippen molar-refractivity contribution < 1.29 is 28.2 Å². The summed E-state index contributed by atoms with van der Waals surface area (Å²) in [5, 5.41) is 13.5. The van der Waals surface area contributed by atoms with Crippen LogP contribution in [0, 0.1) is 18.6 Å². The number of aliphatic hydroxyl groups excluding tert-OH is 1. The fourth-order valence-electron chi connectivity index (χ4n) is 5.84. The molecule has 0 spiro atoms. The van der Waals surface area contributed by atoms with Crippen LogP contribution in [0.15, 0.2) is 36.4 Å². The minimum Gasteiger partial charge on any atom is -0.390 e. The predicted molar refractivity (Wildman–Crippen MR) is 147 cm³/mol. The summed E-state index contributed by atoms with van der Waals surface area (Å²) in [6, 6.07) is 9.01. The third-order valence-electron chi connectivity index (χ3n) is 7.86. The van der Waals surface area contributed by atoms with Crippen molar-refractivity contribution in [2.24, 2.45) is 0 Å².